The van der Waals surface area contributed by atoms with Gasteiger partial charge in [-0.25, -0.2) is 0 Å². The first-order valence-electron chi connectivity index (χ1n) is 4.91. The molecule has 2 nitrogen and oxygen atoms in total. The Balaban J connectivity index is 0.00000112. The van der Waals surface area contributed by atoms with Crippen LogP contribution in [0.4, 0.5) is 0 Å². The number of aromatic hydroxyl groups is 1. The van der Waals surface area contributed by atoms with E-state index < -0.39 is 0 Å². The molecule has 0 amide bonds. The minimum absolute atomic E-state index is 0. The first-order chi connectivity index (χ1) is 6.66. The van der Waals surface area contributed by atoms with Crippen molar-refractivity contribution < 1.29 is 5.11 Å². The van der Waals surface area contributed by atoms with Crippen LogP contribution in [0, 0.1) is 5.92 Å². The van der Waals surface area contributed by atoms with Gasteiger partial charge in [0.1, 0.15) is 5.75 Å². The highest BCUT2D eigenvalue weighted by Gasteiger charge is 2.25. The molecule has 1 saturated carbocycles. The van der Waals surface area contributed by atoms with Crippen LogP contribution in [0.2, 0.25) is 0 Å². The summed E-state index contributed by atoms with van der Waals surface area (Å²) in [5, 5.41) is 9.64. The van der Waals surface area contributed by atoms with Crippen LogP contribution in [0.1, 0.15) is 30.9 Å². The second kappa shape index (κ2) is 5.19. The van der Waals surface area contributed by atoms with Gasteiger partial charge in [0.15, 0.2) is 0 Å². The number of hydrogen-bond donors (Lipinski definition) is 2. The number of benzene rings is 1. The summed E-state index contributed by atoms with van der Waals surface area (Å²) in [6.45, 7) is 0. The van der Waals surface area contributed by atoms with Crippen molar-refractivity contribution in [1.29, 1.82) is 0 Å². The van der Waals surface area contributed by atoms with Crippen molar-refractivity contribution in [3.05, 3.63) is 28.2 Å². The second-order valence-electron chi connectivity index (χ2n) is 3.99. The van der Waals surface area contributed by atoms with Crippen molar-refractivity contribution in [3.8, 4) is 5.75 Å². The molecule has 3 N–H and O–H groups in total. The molecule has 2 rings (SSSR count). The van der Waals surface area contributed by atoms with Gasteiger partial charge in [0, 0.05) is 16.1 Å². The van der Waals surface area contributed by atoms with Crippen LogP contribution in [-0.4, -0.2) is 5.11 Å². The van der Waals surface area contributed by atoms with E-state index in [9.17, 15) is 5.11 Å². The molecule has 1 aromatic rings. The van der Waals surface area contributed by atoms with Gasteiger partial charge in [-0.2, -0.15) is 0 Å². The molecule has 0 aromatic heterocycles. The van der Waals surface area contributed by atoms with Gasteiger partial charge in [0.25, 0.3) is 0 Å². The van der Waals surface area contributed by atoms with Crippen molar-refractivity contribution in [1.82, 2.24) is 0 Å². The van der Waals surface area contributed by atoms with E-state index in [-0.39, 0.29) is 18.4 Å². The Hall–Kier alpha value is -0.250. The van der Waals surface area contributed by atoms with Crippen LogP contribution in [0.25, 0.3) is 0 Å². The van der Waals surface area contributed by atoms with Crippen molar-refractivity contribution in [3.63, 3.8) is 0 Å². The quantitative estimate of drug-likeness (QED) is 0.897. The molecule has 1 fully saturated rings. The van der Waals surface area contributed by atoms with Crippen LogP contribution in [-0.2, 0) is 0 Å². The minimum Gasteiger partial charge on any atom is -0.508 e. The number of nitrogens with two attached hydrogens (primary N) is 1. The summed E-state index contributed by atoms with van der Waals surface area (Å²) >= 11 is 3.38. The van der Waals surface area contributed by atoms with Crippen LogP contribution < -0.4 is 5.73 Å². The molecule has 1 aromatic carbocycles. The topological polar surface area (TPSA) is 46.2 Å². The average molecular weight is 293 g/mol. The summed E-state index contributed by atoms with van der Waals surface area (Å²) in [6, 6.07) is 5.39. The van der Waals surface area contributed by atoms with E-state index in [2.05, 4.69) is 15.9 Å². The molecular formula is C11H15BrClNO. The van der Waals surface area contributed by atoms with Gasteiger partial charge in [-0.3, -0.25) is 0 Å². The van der Waals surface area contributed by atoms with Crippen molar-refractivity contribution >= 4 is 28.3 Å². The van der Waals surface area contributed by atoms with E-state index in [0.29, 0.717) is 5.75 Å². The standard InChI is InChI=1S/C11H14BrNO.ClH/c12-8-3-4-11(14)9(6-8)10(13)5-7-1-2-7;/h3-4,6-7,10,14H,1-2,5,13H2;1H/t10-;/m1./s1. The van der Waals surface area contributed by atoms with Gasteiger partial charge in [0.05, 0.1) is 0 Å². The zero-order valence-electron chi connectivity index (χ0n) is 8.32. The Morgan fingerprint density at radius 1 is 1.47 bits per heavy atom. The average Bonchev–Trinajstić information content (AvgIpc) is 2.93. The second-order valence-corrected chi connectivity index (χ2v) is 4.90. The maximum atomic E-state index is 9.64. The smallest absolute Gasteiger partial charge is 0.120 e. The van der Waals surface area contributed by atoms with Gasteiger partial charge in [-0.15, -0.1) is 12.4 Å². The maximum Gasteiger partial charge on any atom is 0.120 e. The van der Waals surface area contributed by atoms with Gasteiger partial charge in [0.2, 0.25) is 0 Å². The van der Waals surface area contributed by atoms with E-state index >= 15 is 0 Å². The number of hydrogen-bond acceptors (Lipinski definition) is 2. The Kier molecular flexibility index (Phi) is 4.44. The summed E-state index contributed by atoms with van der Waals surface area (Å²) in [5.41, 5.74) is 6.88. The van der Waals surface area contributed by atoms with Crippen molar-refractivity contribution in [2.24, 2.45) is 11.7 Å². The molecule has 1 aliphatic rings. The Bertz CT molecular complexity index is 341. The lowest BCUT2D eigenvalue weighted by Crippen LogP contribution is -2.11. The summed E-state index contributed by atoms with van der Waals surface area (Å²) in [7, 11) is 0. The first kappa shape index (κ1) is 12.8. The van der Waals surface area contributed by atoms with Crippen LogP contribution in [0.15, 0.2) is 22.7 Å². The number of halogens is 2. The highest BCUT2D eigenvalue weighted by molar-refractivity contribution is 9.10. The third kappa shape index (κ3) is 3.37. The molecule has 0 aliphatic heterocycles. The van der Waals surface area contributed by atoms with E-state index in [1.807, 2.05) is 12.1 Å². The normalized spacial score (nSPS) is 16.9. The highest BCUT2D eigenvalue weighted by atomic mass is 79.9. The summed E-state index contributed by atoms with van der Waals surface area (Å²) in [4.78, 5) is 0. The number of rotatable bonds is 3. The van der Waals surface area contributed by atoms with Crippen LogP contribution >= 0.6 is 28.3 Å². The Labute approximate surface area is 104 Å². The van der Waals surface area contributed by atoms with E-state index in [1.165, 1.54) is 12.8 Å². The Morgan fingerprint density at radius 3 is 2.73 bits per heavy atom. The SMILES string of the molecule is Cl.N[C@H](CC1CC1)c1cc(Br)ccc1O. The number of phenolic OH excluding ortho intramolecular Hbond substituents is 1. The predicted octanol–water partition coefficient (Wildman–Crippen LogP) is 3.38. The monoisotopic (exact) mass is 291 g/mol. The van der Waals surface area contributed by atoms with E-state index in [4.69, 9.17) is 5.73 Å². The van der Waals surface area contributed by atoms with E-state index in [0.717, 1.165) is 22.4 Å². The maximum absolute atomic E-state index is 9.64. The molecule has 0 unspecified atom stereocenters. The summed E-state index contributed by atoms with van der Waals surface area (Å²) < 4.78 is 0.969. The lowest BCUT2D eigenvalue weighted by Gasteiger charge is -2.13. The zero-order chi connectivity index (χ0) is 10.1. The Morgan fingerprint density at radius 2 is 2.13 bits per heavy atom. The van der Waals surface area contributed by atoms with Crippen LogP contribution in [0.5, 0.6) is 5.75 Å². The lowest BCUT2D eigenvalue weighted by molar-refractivity contribution is 0.455. The molecular weight excluding hydrogens is 277 g/mol. The van der Waals surface area contributed by atoms with Crippen molar-refractivity contribution in [2.45, 2.75) is 25.3 Å². The molecule has 1 atom stereocenters. The highest BCUT2D eigenvalue weighted by Crippen LogP contribution is 2.38. The molecule has 1 aliphatic carbocycles. The summed E-state index contributed by atoms with van der Waals surface area (Å²) in [5.74, 6) is 1.09. The predicted molar refractivity (Wildman–Crippen MR) is 67.3 cm³/mol. The zero-order valence-corrected chi connectivity index (χ0v) is 10.7. The third-order valence-corrected chi connectivity index (χ3v) is 3.17. The molecule has 84 valence electrons. The van der Waals surface area contributed by atoms with E-state index in [1.54, 1.807) is 6.07 Å². The fraction of sp³-hybridized carbons (Fsp3) is 0.455. The van der Waals surface area contributed by atoms with Gasteiger partial charge in [-0.05, 0) is 30.5 Å². The van der Waals surface area contributed by atoms with Gasteiger partial charge in [-0.1, -0.05) is 28.8 Å². The van der Waals surface area contributed by atoms with Crippen molar-refractivity contribution in [2.75, 3.05) is 0 Å². The fourth-order valence-corrected chi connectivity index (χ4v) is 2.04. The first-order valence-corrected chi connectivity index (χ1v) is 5.70. The number of phenols is 1. The van der Waals surface area contributed by atoms with Gasteiger partial charge >= 0.3 is 0 Å². The molecule has 0 bridgehead atoms. The lowest BCUT2D eigenvalue weighted by atomic mass is 10.0. The molecule has 0 spiro atoms. The molecule has 4 heteroatoms. The summed E-state index contributed by atoms with van der Waals surface area (Å²) in [6.07, 6.45) is 3.58. The third-order valence-electron chi connectivity index (χ3n) is 2.67. The molecule has 0 saturated heterocycles. The largest absolute Gasteiger partial charge is 0.508 e. The molecule has 15 heavy (non-hydrogen) atoms. The molecule has 0 radical (unpaired) electrons. The minimum atomic E-state index is -0.0278. The van der Waals surface area contributed by atoms with Crippen LogP contribution in [0.3, 0.4) is 0 Å². The van der Waals surface area contributed by atoms with Gasteiger partial charge < -0.3 is 10.8 Å². The fourth-order valence-electron chi connectivity index (χ4n) is 1.66. The molecule has 0 heterocycles.